The molecule has 1 saturated carbocycles. The van der Waals surface area contributed by atoms with Gasteiger partial charge in [0.15, 0.2) is 11.5 Å². The molecule has 0 amide bonds. The summed E-state index contributed by atoms with van der Waals surface area (Å²) >= 11 is 1.06. The Hall–Kier alpha value is -2.45. The first-order valence-electron chi connectivity index (χ1n) is 9.10. The van der Waals surface area contributed by atoms with Gasteiger partial charge in [0, 0.05) is 0 Å². The Labute approximate surface area is 160 Å². The summed E-state index contributed by atoms with van der Waals surface area (Å²) in [5.74, 6) is 0.537. The van der Waals surface area contributed by atoms with Crippen molar-refractivity contribution in [3.05, 3.63) is 45.6 Å². The van der Waals surface area contributed by atoms with E-state index in [1.54, 1.807) is 0 Å². The van der Waals surface area contributed by atoms with Gasteiger partial charge in [0.25, 0.3) is 0 Å². The molecule has 3 N–H and O–H groups in total. The second kappa shape index (κ2) is 7.28. The maximum Gasteiger partial charge on any atom is 0.321 e. The molecule has 1 aromatic carbocycles. The topological polar surface area (TPSA) is 100 Å². The summed E-state index contributed by atoms with van der Waals surface area (Å²) in [5, 5.41) is 13.3. The van der Waals surface area contributed by atoms with Crippen LogP contribution in [0.5, 0.6) is 6.01 Å². The molecular weight excluding hydrogens is 364 g/mol. The van der Waals surface area contributed by atoms with Crippen molar-refractivity contribution in [2.75, 3.05) is 11.9 Å². The van der Waals surface area contributed by atoms with Crippen molar-refractivity contribution in [3.8, 4) is 6.01 Å². The van der Waals surface area contributed by atoms with Crippen LogP contribution in [0.2, 0.25) is 0 Å². The highest BCUT2D eigenvalue weighted by Gasteiger charge is 2.34. The molecule has 0 bridgehead atoms. The Morgan fingerprint density at radius 2 is 2.04 bits per heavy atom. The van der Waals surface area contributed by atoms with Crippen LogP contribution in [0, 0.1) is 0 Å². The van der Waals surface area contributed by atoms with Crippen molar-refractivity contribution in [1.29, 1.82) is 0 Å². The lowest BCUT2D eigenvalue weighted by Crippen LogP contribution is -2.39. The standard InChI is InChI=1S/C19H22N4O3S/c1-12(13-7-3-2-4-8-13)26-17-20-15-14(27-18(25)22-15)16(21-17)23-19(11-24)9-5-6-10-19/h2-4,7-8,12,24H,5-6,9-11H2,1H3,(H2,20,21,22,23,25). The number of aromatic nitrogens is 3. The van der Waals surface area contributed by atoms with Crippen molar-refractivity contribution in [1.82, 2.24) is 15.0 Å². The van der Waals surface area contributed by atoms with Crippen LogP contribution in [0.15, 0.2) is 35.1 Å². The number of H-pyrrole nitrogens is 1. The number of hydrogen-bond donors (Lipinski definition) is 3. The van der Waals surface area contributed by atoms with Crippen LogP contribution in [0.1, 0.15) is 44.3 Å². The molecule has 1 atom stereocenters. The zero-order chi connectivity index (χ0) is 18.9. The zero-order valence-electron chi connectivity index (χ0n) is 15.1. The third-order valence-corrected chi connectivity index (χ3v) is 5.94. The first-order chi connectivity index (χ1) is 13.1. The molecule has 8 heteroatoms. The normalized spacial score (nSPS) is 17.1. The molecule has 7 nitrogen and oxygen atoms in total. The van der Waals surface area contributed by atoms with E-state index in [0.29, 0.717) is 16.2 Å². The molecule has 1 fully saturated rings. The smallest absolute Gasteiger partial charge is 0.321 e. The molecule has 3 aromatic rings. The number of anilines is 1. The highest BCUT2D eigenvalue weighted by molar-refractivity contribution is 7.17. The van der Waals surface area contributed by atoms with Gasteiger partial charge >= 0.3 is 10.9 Å². The first kappa shape index (κ1) is 17.9. The lowest BCUT2D eigenvalue weighted by molar-refractivity contribution is 0.206. The Kier molecular flexibility index (Phi) is 4.84. The van der Waals surface area contributed by atoms with Crippen molar-refractivity contribution < 1.29 is 9.84 Å². The molecule has 142 valence electrons. The molecular formula is C19H22N4O3S. The van der Waals surface area contributed by atoms with Gasteiger partial charge < -0.3 is 15.2 Å². The second-order valence-electron chi connectivity index (χ2n) is 6.99. The van der Waals surface area contributed by atoms with E-state index < -0.39 is 5.54 Å². The quantitative estimate of drug-likeness (QED) is 0.601. The average molecular weight is 386 g/mol. The van der Waals surface area contributed by atoms with Gasteiger partial charge in [0.1, 0.15) is 10.8 Å². The molecule has 1 unspecified atom stereocenters. The second-order valence-corrected chi connectivity index (χ2v) is 7.97. The van der Waals surface area contributed by atoms with Gasteiger partial charge in [-0.15, -0.1) is 0 Å². The Morgan fingerprint density at radius 3 is 2.74 bits per heavy atom. The number of rotatable bonds is 6. The predicted octanol–water partition coefficient (Wildman–Crippen LogP) is 3.24. The molecule has 0 aliphatic heterocycles. The lowest BCUT2D eigenvalue weighted by Gasteiger charge is -2.28. The summed E-state index contributed by atoms with van der Waals surface area (Å²) in [6.07, 6.45) is 3.61. The SMILES string of the molecule is CC(Oc1nc(NC2(CO)CCCC2)c2sc(=O)[nH]c2n1)c1ccccc1. The van der Waals surface area contributed by atoms with Gasteiger partial charge in [0.05, 0.1) is 12.1 Å². The van der Waals surface area contributed by atoms with Crippen molar-refractivity contribution in [3.63, 3.8) is 0 Å². The van der Waals surface area contributed by atoms with Crippen LogP contribution >= 0.6 is 11.3 Å². The van der Waals surface area contributed by atoms with Crippen molar-refractivity contribution in [2.45, 2.75) is 44.2 Å². The monoisotopic (exact) mass is 386 g/mol. The molecule has 1 aliphatic carbocycles. The maximum atomic E-state index is 11.9. The van der Waals surface area contributed by atoms with Crippen molar-refractivity contribution >= 4 is 27.5 Å². The zero-order valence-corrected chi connectivity index (χ0v) is 15.9. The lowest BCUT2D eigenvalue weighted by atomic mass is 9.99. The molecule has 2 heterocycles. The van der Waals surface area contributed by atoms with Crippen LogP contribution in [-0.4, -0.2) is 32.2 Å². The Bertz CT molecular complexity index is 980. The fourth-order valence-electron chi connectivity index (χ4n) is 3.54. The minimum Gasteiger partial charge on any atom is -0.455 e. The van der Waals surface area contributed by atoms with Gasteiger partial charge in [-0.1, -0.05) is 54.5 Å². The first-order valence-corrected chi connectivity index (χ1v) is 9.92. The van der Waals surface area contributed by atoms with Crippen LogP contribution in [-0.2, 0) is 0 Å². The minimum absolute atomic E-state index is 0.0222. The summed E-state index contributed by atoms with van der Waals surface area (Å²) in [5.41, 5.74) is 1.05. The summed E-state index contributed by atoms with van der Waals surface area (Å²) in [6, 6.07) is 10.0. The van der Waals surface area contributed by atoms with Gasteiger partial charge in [-0.2, -0.15) is 9.97 Å². The van der Waals surface area contributed by atoms with E-state index in [9.17, 15) is 9.90 Å². The number of benzene rings is 1. The van der Waals surface area contributed by atoms with E-state index in [4.69, 9.17) is 4.74 Å². The number of aliphatic hydroxyl groups is 1. The van der Waals surface area contributed by atoms with Crippen LogP contribution < -0.4 is 14.9 Å². The minimum atomic E-state index is -0.406. The summed E-state index contributed by atoms with van der Waals surface area (Å²) in [6.45, 7) is 1.95. The van der Waals surface area contributed by atoms with E-state index in [1.807, 2.05) is 37.3 Å². The fraction of sp³-hybridized carbons (Fsp3) is 0.421. The molecule has 27 heavy (non-hydrogen) atoms. The third kappa shape index (κ3) is 3.68. The molecule has 1 aliphatic rings. The molecule has 0 spiro atoms. The summed E-state index contributed by atoms with van der Waals surface area (Å²) in [4.78, 5) is 23.3. The van der Waals surface area contributed by atoms with Gasteiger partial charge in [0.2, 0.25) is 0 Å². The largest absolute Gasteiger partial charge is 0.455 e. The van der Waals surface area contributed by atoms with Crippen LogP contribution in [0.3, 0.4) is 0 Å². The van der Waals surface area contributed by atoms with Gasteiger partial charge in [-0.05, 0) is 25.3 Å². The number of ether oxygens (including phenoxy) is 1. The van der Waals surface area contributed by atoms with Crippen molar-refractivity contribution in [2.24, 2.45) is 0 Å². The van der Waals surface area contributed by atoms with Crippen LogP contribution in [0.25, 0.3) is 10.3 Å². The number of hydrogen-bond acceptors (Lipinski definition) is 7. The number of fused-ring (bicyclic) bond motifs is 1. The van der Waals surface area contributed by atoms with E-state index in [1.165, 1.54) is 0 Å². The summed E-state index contributed by atoms with van der Waals surface area (Å²) < 4.78 is 6.60. The predicted molar refractivity (Wildman–Crippen MR) is 105 cm³/mol. The number of nitrogens with one attached hydrogen (secondary N) is 2. The Balaban J connectivity index is 1.69. The molecule has 0 radical (unpaired) electrons. The Morgan fingerprint density at radius 1 is 1.30 bits per heavy atom. The number of nitrogens with zero attached hydrogens (tertiary/aromatic N) is 2. The highest BCUT2D eigenvalue weighted by Crippen LogP contribution is 2.35. The van der Waals surface area contributed by atoms with E-state index in [-0.39, 0.29) is 23.6 Å². The van der Waals surface area contributed by atoms with Crippen LogP contribution in [0.4, 0.5) is 5.82 Å². The average Bonchev–Trinajstić information content (AvgIpc) is 3.29. The van der Waals surface area contributed by atoms with E-state index in [2.05, 4.69) is 20.3 Å². The molecule has 4 rings (SSSR count). The number of thiazole rings is 1. The van der Waals surface area contributed by atoms with Gasteiger partial charge in [-0.25, -0.2) is 0 Å². The van der Waals surface area contributed by atoms with E-state index in [0.717, 1.165) is 42.6 Å². The van der Waals surface area contributed by atoms with E-state index >= 15 is 0 Å². The molecule has 2 aromatic heterocycles. The van der Waals surface area contributed by atoms with Gasteiger partial charge in [-0.3, -0.25) is 9.78 Å². The maximum absolute atomic E-state index is 11.9. The number of aromatic amines is 1. The summed E-state index contributed by atoms with van der Waals surface area (Å²) in [7, 11) is 0. The third-order valence-electron chi connectivity index (χ3n) is 5.06. The number of aliphatic hydroxyl groups excluding tert-OH is 1. The fourth-order valence-corrected chi connectivity index (χ4v) is 4.26. The highest BCUT2D eigenvalue weighted by atomic mass is 32.1. The molecule has 0 saturated heterocycles.